The molecule has 0 bridgehead atoms. The minimum atomic E-state index is 0.555. The number of pyridine rings is 2. The minimum absolute atomic E-state index is 0.555. The lowest BCUT2D eigenvalue weighted by molar-refractivity contribution is 0.112. The lowest BCUT2D eigenvalue weighted by atomic mass is 10.2. The number of hydrogen-bond acceptors (Lipinski definition) is 4. The van der Waals surface area contributed by atoms with E-state index < -0.39 is 0 Å². The first-order chi connectivity index (χ1) is 9.20. The van der Waals surface area contributed by atoms with Gasteiger partial charge in [-0.15, -0.1) is 0 Å². The van der Waals surface area contributed by atoms with Crippen LogP contribution in [-0.2, 0) is 0 Å². The predicted octanol–water partition coefficient (Wildman–Crippen LogP) is 2.91. The molecule has 0 saturated carbocycles. The molecule has 3 aromatic rings. The van der Waals surface area contributed by atoms with Crippen LogP contribution < -0.4 is 0 Å². The Hall–Kier alpha value is -2.14. The molecule has 5 heteroatoms. The van der Waals surface area contributed by atoms with Crippen LogP contribution in [0.15, 0.2) is 36.7 Å². The second-order valence-corrected chi connectivity index (χ2v) is 4.70. The van der Waals surface area contributed by atoms with Crippen molar-refractivity contribution in [1.29, 1.82) is 0 Å². The third-order valence-corrected chi connectivity index (χ3v) is 3.49. The lowest BCUT2D eigenvalue weighted by Gasteiger charge is -2.01. The maximum atomic E-state index is 10.6. The molecule has 0 aromatic carbocycles. The van der Waals surface area contributed by atoms with E-state index in [4.69, 9.17) is 0 Å². The molecule has 3 heterocycles. The molecule has 0 saturated heterocycles. The lowest BCUT2D eigenvalue weighted by Crippen LogP contribution is -1.91. The van der Waals surface area contributed by atoms with E-state index in [9.17, 15) is 4.79 Å². The number of aryl methyl sites for hydroxylation is 1. The average molecular weight is 269 g/mol. The summed E-state index contributed by atoms with van der Waals surface area (Å²) in [6.45, 7) is 2.03. The molecule has 3 rings (SSSR count). The maximum Gasteiger partial charge on any atom is 0.151 e. The normalized spacial score (nSPS) is 10.8. The first-order valence-corrected chi connectivity index (χ1v) is 6.18. The predicted molar refractivity (Wildman–Crippen MR) is 77.5 cm³/mol. The zero-order valence-electron chi connectivity index (χ0n) is 10.2. The van der Waals surface area contributed by atoms with Gasteiger partial charge in [0.2, 0.25) is 0 Å². The molecule has 0 fully saturated rings. The van der Waals surface area contributed by atoms with Crippen molar-refractivity contribution in [2.45, 2.75) is 6.92 Å². The van der Waals surface area contributed by atoms with Gasteiger partial charge in [0.25, 0.3) is 0 Å². The summed E-state index contributed by atoms with van der Waals surface area (Å²) in [4.78, 5) is 19.2. The zero-order chi connectivity index (χ0) is 13.4. The molecule has 19 heavy (non-hydrogen) atoms. The molecule has 4 nitrogen and oxygen atoms in total. The van der Waals surface area contributed by atoms with E-state index >= 15 is 0 Å². The summed E-state index contributed by atoms with van der Waals surface area (Å²) in [5.74, 6) is 0. The van der Waals surface area contributed by atoms with Crippen LogP contribution in [0, 0.1) is 6.92 Å². The number of carbonyl (C=O) groups excluding carboxylic acids is 1. The van der Waals surface area contributed by atoms with Crippen molar-refractivity contribution in [1.82, 2.24) is 13.9 Å². The van der Waals surface area contributed by atoms with Crippen molar-refractivity contribution >= 4 is 30.1 Å². The van der Waals surface area contributed by atoms with Crippen LogP contribution in [0.2, 0.25) is 0 Å². The zero-order valence-corrected chi connectivity index (χ0v) is 11.1. The molecular weight excluding hydrogens is 258 g/mol. The fraction of sp³-hybridized carbons (Fsp3) is 0.0714. The van der Waals surface area contributed by atoms with Gasteiger partial charge < -0.3 is 0 Å². The van der Waals surface area contributed by atoms with Crippen molar-refractivity contribution in [3.63, 3.8) is 0 Å². The standard InChI is InChI=1S/C14H11N3OS/c1-9-4-5-15-14-11(9)6-13(17(14)19)12-3-2-10(8-18)7-16-12/h2-8,19H,1H3. The number of aromatic nitrogens is 3. The molecule has 0 unspecified atom stereocenters. The van der Waals surface area contributed by atoms with Gasteiger partial charge in [0.15, 0.2) is 11.9 Å². The highest BCUT2D eigenvalue weighted by atomic mass is 32.1. The molecule has 0 spiro atoms. The monoisotopic (exact) mass is 269 g/mol. The Bertz CT molecular complexity index is 762. The third kappa shape index (κ3) is 1.92. The molecule has 0 aliphatic carbocycles. The number of carbonyl (C=O) groups is 1. The summed E-state index contributed by atoms with van der Waals surface area (Å²) < 4.78 is 1.71. The van der Waals surface area contributed by atoms with E-state index in [-0.39, 0.29) is 0 Å². The average Bonchev–Trinajstić information content (AvgIpc) is 2.78. The number of rotatable bonds is 2. The van der Waals surface area contributed by atoms with Crippen LogP contribution >= 0.6 is 12.8 Å². The topological polar surface area (TPSA) is 47.8 Å². The van der Waals surface area contributed by atoms with Gasteiger partial charge in [0.1, 0.15) is 0 Å². The highest BCUT2D eigenvalue weighted by Crippen LogP contribution is 2.28. The largest absolute Gasteiger partial charge is 0.298 e. The fourth-order valence-corrected chi connectivity index (χ4v) is 2.34. The fourth-order valence-electron chi connectivity index (χ4n) is 2.02. The van der Waals surface area contributed by atoms with Gasteiger partial charge in [-0.1, -0.05) is 12.8 Å². The highest BCUT2D eigenvalue weighted by Gasteiger charge is 2.11. The van der Waals surface area contributed by atoms with Gasteiger partial charge in [0.05, 0.1) is 11.4 Å². The van der Waals surface area contributed by atoms with E-state index in [1.165, 1.54) is 0 Å². The van der Waals surface area contributed by atoms with Gasteiger partial charge in [-0.05, 0) is 36.8 Å². The second kappa shape index (κ2) is 4.51. The molecular formula is C14H11N3OS. The van der Waals surface area contributed by atoms with Crippen LogP contribution in [0.4, 0.5) is 0 Å². The molecule has 0 atom stereocenters. The number of nitrogens with zero attached hydrogens (tertiary/aromatic N) is 3. The van der Waals surface area contributed by atoms with Crippen LogP contribution in [-0.4, -0.2) is 20.2 Å². The van der Waals surface area contributed by atoms with Gasteiger partial charge in [0, 0.05) is 23.3 Å². The Balaban J connectivity index is 2.21. The minimum Gasteiger partial charge on any atom is -0.298 e. The van der Waals surface area contributed by atoms with Crippen LogP contribution in [0.1, 0.15) is 15.9 Å². The quantitative estimate of drug-likeness (QED) is 0.575. The van der Waals surface area contributed by atoms with E-state index in [0.29, 0.717) is 5.56 Å². The van der Waals surface area contributed by atoms with Crippen molar-refractivity contribution in [2.75, 3.05) is 0 Å². The van der Waals surface area contributed by atoms with E-state index in [1.54, 1.807) is 28.5 Å². The van der Waals surface area contributed by atoms with Crippen molar-refractivity contribution in [3.8, 4) is 11.4 Å². The van der Waals surface area contributed by atoms with Crippen LogP contribution in [0.5, 0.6) is 0 Å². The summed E-state index contributed by atoms with van der Waals surface area (Å²) in [5.41, 5.74) is 4.12. The van der Waals surface area contributed by atoms with Gasteiger partial charge in [-0.3, -0.25) is 13.8 Å². The van der Waals surface area contributed by atoms with E-state index in [0.717, 1.165) is 34.3 Å². The highest BCUT2D eigenvalue weighted by molar-refractivity contribution is 7.78. The first kappa shape index (κ1) is 11.9. The first-order valence-electron chi connectivity index (χ1n) is 5.78. The van der Waals surface area contributed by atoms with Crippen molar-refractivity contribution < 1.29 is 4.79 Å². The molecule has 94 valence electrons. The van der Waals surface area contributed by atoms with E-state index in [1.807, 2.05) is 19.1 Å². The van der Waals surface area contributed by atoms with E-state index in [2.05, 4.69) is 22.8 Å². The Morgan fingerprint density at radius 3 is 2.74 bits per heavy atom. The SMILES string of the molecule is Cc1ccnc2c1cc(-c1ccc(C=O)cn1)n2S. The summed E-state index contributed by atoms with van der Waals surface area (Å²) in [7, 11) is 0. The summed E-state index contributed by atoms with van der Waals surface area (Å²) in [5, 5.41) is 1.05. The van der Waals surface area contributed by atoms with Crippen molar-refractivity contribution in [3.05, 3.63) is 47.8 Å². The summed E-state index contributed by atoms with van der Waals surface area (Å²) >= 11 is 4.47. The number of thiol groups is 1. The molecule has 0 aliphatic heterocycles. The Labute approximate surface area is 115 Å². The number of fused-ring (bicyclic) bond motifs is 1. The molecule has 3 aromatic heterocycles. The smallest absolute Gasteiger partial charge is 0.151 e. The van der Waals surface area contributed by atoms with Gasteiger partial charge in [-0.25, -0.2) is 4.98 Å². The third-order valence-electron chi connectivity index (χ3n) is 3.08. The number of aldehydes is 1. The number of hydrogen-bond donors (Lipinski definition) is 1. The Morgan fingerprint density at radius 1 is 1.26 bits per heavy atom. The molecule has 0 amide bonds. The molecule has 0 aliphatic rings. The Morgan fingerprint density at radius 2 is 2.11 bits per heavy atom. The van der Waals surface area contributed by atoms with Crippen LogP contribution in [0.3, 0.4) is 0 Å². The summed E-state index contributed by atoms with van der Waals surface area (Å²) in [6, 6.07) is 7.51. The van der Waals surface area contributed by atoms with Crippen LogP contribution in [0.25, 0.3) is 22.4 Å². The molecule has 0 N–H and O–H groups in total. The molecule has 0 radical (unpaired) electrons. The Kier molecular flexibility index (Phi) is 2.83. The summed E-state index contributed by atoms with van der Waals surface area (Å²) in [6.07, 6.45) is 4.09. The van der Waals surface area contributed by atoms with Gasteiger partial charge in [-0.2, -0.15) is 0 Å². The maximum absolute atomic E-state index is 10.6. The van der Waals surface area contributed by atoms with Gasteiger partial charge >= 0.3 is 0 Å². The van der Waals surface area contributed by atoms with Crippen molar-refractivity contribution in [2.24, 2.45) is 0 Å². The second-order valence-electron chi connectivity index (χ2n) is 4.30.